The van der Waals surface area contributed by atoms with Gasteiger partial charge in [-0.3, -0.25) is 14.6 Å². The van der Waals surface area contributed by atoms with Crippen molar-refractivity contribution in [3.63, 3.8) is 0 Å². The smallest absolute Gasteiger partial charge is 0.310 e. The molecule has 7 aliphatic heterocycles. The van der Waals surface area contributed by atoms with Gasteiger partial charge in [-0.15, -0.1) is 0 Å². The van der Waals surface area contributed by atoms with Crippen molar-refractivity contribution >= 4 is 22.6 Å². The lowest BCUT2D eigenvalue weighted by Gasteiger charge is -2.63. The van der Waals surface area contributed by atoms with Gasteiger partial charge in [-0.25, -0.2) is 0 Å². The first-order chi connectivity index (χ1) is 25.2. The van der Waals surface area contributed by atoms with E-state index in [1.807, 2.05) is 0 Å². The van der Waals surface area contributed by atoms with Crippen LogP contribution in [0.25, 0.3) is 10.9 Å². The second-order valence-corrected chi connectivity index (χ2v) is 17.5. The zero-order valence-electron chi connectivity index (χ0n) is 31.6. The summed E-state index contributed by atoms with van der Waals surface area (Å²) in [5.74, 6) is 3.30. The first-order valence-electron chi connectivity index (χ1n) is 19.7. The van der Waals surface area contributed by atoms with Crippen LogP contribution in [-0.4, -0.2) is 92.8 Å². The van der Waals surface area contributed by atoms with Crippen LogP contribution in [0.15, 0.2) is 42.0 Å². The minimum absolute atomic E-state index is 0.0426. The first kappa shape index (κ1) is 31.9. The van der Waals surface area contributed by atoms with Gasteiger partial charge in [-0.05, 0) is 105 Å². The number of carbonyl (C=O) groups excluding carboxylic acids is 1. The van der Waals surface area contributed by atoms with Crippen molar-refractivity contribution in [2.45, 2.75) is 81.3 Å². The Hall–Kier alpha value is -3.53. The number of hydrogen-bond acceptors (Lipinski definition) is 8. The van der Waals surface area contributed by atoms with Gasteiger partial charge in [0, 0.05) is 78.3 Å². The van der Waals surface area contributed by atoms with Crippen LogP contribution in [-0.2, 0) is 33.2 Å². The Morgan fingerprint density at radius 1 is 1.06 bits per heavy atom. The molecule has 9 nitrogen and oxygen atoms in total. The number of likely N-dealkylation sites (N-methyl/N-ethyl adjacent to an activating group) is 2. The van der Waals surface area contributed by atoms with E-state index in [9.17, 15) is 4.79 Å². The van der Waals surface area contributed by atoms with Crippen LogP contribution in [0, 0.1) is 29.6 Å². The molecule has 1 aromatic heterocycles. The summed E-state index contributed by atoms with van der Waals surface area (Å²) in [5, 5.41) is 1.33. The van der Waals surface area contributed by atoms with Crippen LogP contribution in [0.5, 0.6) is 11.5 Å². The molecule has 11 rings (SSSR count). The number of carbonyl (C=O) groups is 1. The van der Waals surface area contributed by atoms with E-state index in [1.165, 1.54) is 44.5 Å². The first-order valence-corrected chi connectivity index (χ1v) is 19.7. The fourth-order valence-electron chi connectivity index (χ4n) is 14.0. The zero-order chi connectivity index (χ0) is 35.5. The highest BCUT2D eigenvalue weighted by Gasteiger charge is 2.69. The summed E-state index contributed by atoms with van der Waals surface area (Å²) in [6.45, 7) is 7.28. The third kappa shape index (κ3) is 3.73. The van der Waals surface area contributed by atoms with Crippen molar-refractivity contribution in [1.82, 2.24) is 14.4 Å². The fourth-order valence-corrected chi connectivity index (χ4v) is 14.0. The standard InChI is InChI=1S/C43H52N4O5/c1-8-22-19-47-12-11-43-30-14-24-21(2)37-27-16-34-39-28(26-13-23(49-6)9-10-31(26)45(39)4)17-32(44(34)3)29(27)20-51-42(37)52-36(24)18-33(30)46(5)40(43)35(47)15-25(22)38(43)41(48)50-7/h8-10,13-14,18,21,25,27,29,32,34-35,37-38,40,42H,11-12,15-17,19-20H2,1-7H3/b22-8+/t21-,25-,27+,29+,32-,34-,35-,37-,38+,40-,42-,43-/m0/s1. The van der Waals surface area contributed by atoms with Gasteiger partial charge >= 0.3 is 5.97 Å². The van der Waals surface area contributed by atoms with Crippen LogP contribution in [0.2, 0.25) is 0 Å². The van der Waals surface area contributed by atoms with Gasteiger partial charge in [0.2, 0.25) is 6.29 Å². The maximum atomic E-state index is 14.1. The molecular weight excluding hydrogens is 652 g/mol. The maximum Gasteiger partial charge on any atom is 0.310 e. The SMILES string of the molecule is C/C=C1\CN2CC[C@@]34c5cc6c(cc5N(C)[C@H]3[C@@H]2C[C@@H]1[C@@H]4C(=O)OC)O[C@@H]1OC[C@@H]2[C@@H](C[C@H]3c4c(c5cc(OC)ccc5n4C)C[C@@H]2N3C)[C@@H]1[C@H]6C. The topological polar surface area (TPSA) is 68.6 Å². The molecule has 9 heteroatoms. The van der Waals surface area contributed by atoms with Crippen LogP contribution in [0.3, 0.4) is 0 Å². The summed E-state index contributed by atoms with van der Waals surface area (Å²) in [6, 6.07) is 12.8. The van der Waals surface area contributed by atoms with Gasteiger partial charge in [-0.1, -0.05) is 18.6 Å². The monoisotopic (exact) mass is 704 g/mol. The molecule has 0 radical (unpaired) electrons. The van der Waals surface area contributed by atoms with Gasteiger partial charge < -0.3 is 28.4 Å². The number of esters is 1. The lowest BCUT2D eigenvalue weighted by atomic mass is 9.50. The Morgan fingerprint density at radius 3 is 2.69 bits per heavy atom. The summed E-state index contributed by atoms with van der Waals surface area (Å²) in [7, 11) is 10.2. The summed E-state index contributed by atoms with van der Waals surface area (Å²) >= 11 is 0. The van der Waals surface area contributed by atoms with Gasteiger partial charge in [0.25, 0.3) is 0 Å². The Labute approximate surface area is 306 Å². The third-order valence-corrected chi connectivity index (χ3v) is 16.2. The number of nitrogens with zero attached hydrogens (tertiary/aromatic N) is 4. The van der Waals surface area contributed by atoms with Crippen LogP contribution >= 0.6 is 0 Å². The normalized spacial score (nSPS) is 40.3. The number of allylic oxidation sites excluding steroid dienone is 1. The van der Waals surface area contributed by atoms with E-state index in [2.05, 4.69) is 90.7 Å². The van der Waals surface area contributed by atoms with Crippen molar-refractivity contribution < 1.29 is 23.7 Å². The van der Waals surface area contributed by atoms with E-state index in [-0.39, 0.29) is 47.4 Å². The number of benzene rings is 2. The van der Waals surface area contributed by atoms with Crippen LogP contribution in [0.4, 0.5) is 5.69 Å². The van der Waals surface area contributed by atoms with E-state index in [1.54, 1.807) is 14.2 Å². The van der Waals surface area contributed by atoms with Crippen molar-refractivity contribution in [3.05, 3.63) is 64.4 Å². The van der Waals surface area contributed by atoms with Crippen LogP contribution in [0.1, 0.15) is 67.5 Å². The number of aromatic nitrogens is 1. The maximum absolute atomic E-state index is 14.1. The summed E-state index contributed by atoms with van der Waals surface area (Å²) in [6.07, 6.45) is 6.12. The molecule has 5 bridgehead atoms. The second kappa shape index (κ2) is 10.8. The molecule has 2 aromatic carbocycles. The molecule has 0 amide bonds. The Kier molecular flexibility index (Phi) is 6.63. The van der Waals surface area contributed by atoms with Gasteiger partial charge in [0.15, 0.2) is 0 Å². The van der Waals surface area contributed by atoms with Gasteiger partial charge in [-0.2, -0.15) is 0 Å². The summed E-state index contributed by atoms with van der Waals surface area (Å²) in [5.41, 5.74) is 9.22. The lowest BCUT2D eigenvalue weighted by molar-refractivity contribution is -0.221. The zero-order valence-corrected chi connectivity index (χ0v) is 31.6. The molecule has 274 valence electrons. The molecule has 1 saturated carbocycles. The van der Waals surface area contributed by atoms with Crippen molar-refractivity contribution in [1.29, 1.82) is 0 Å². The Bertz CT molecular complexity index is 2070. The van der Waals surface area contributed by atoms with E-state index >= 15 is 0 Å². The highest BCUT2D eigenvalue weighted by molar-refractivity contribution is 5.87. The Balaban J connectivity index is 1.00. The molecular formula is C43H52N4O5. The molecule has 1 aliphatic carbocycles. The predicted molar refractivity (Wildman–Crippen MR) is 199 cm³/mol. The summed E-state index contributed by atoms with van der Waals surface area (Å²) in [4.78, 5) is 21.9. The minimum atomic E-state index is -0.286. The van der Waals surface area contributed by atoms with E-state index in [0.717, 1.165) is 56.9 Å². The minimum Gasteiger partial charge on any atom is -0.497 e. The van der Waals surface area contributed by atoms with E-state index in [0.29, 0.717) is 30.0 Å². The third-order valence-electron chi connectivity index (χ3n) is 16.2. The molecule has 4 saturated heterocycles. The second-order valence-electron chi connectivity index (χ2n) is 17.5. The lowest BCUT2D eigenvalue weighted by Crippen LogP contribution is -2.72. The molecule has 52 heavy (non-hydrogen) atoms. The number of rotatable bonds is 2. The van der Waals surface area contributed by atoms with Crippen molar-refractivity contribution in [2.75, 3.05) is 52.9 Å². The number of fused-ring (bicyclic) bond motifs is 13. The largest absolute Gasteiger partial charge is 0.497 e. The predicted octanol–water partition coefficient (Wildman–Crippen LogP) is 5.79. The molecule has 3 aromatic rings. The van der Waals surface area contributed by atoms with E-state index < -0.39 is 0 Å². The van der Waals surface area contributed by atoms with Crippen molar-refractivity contribution in [2.24, 2.45) is 36.6 Å². The van der Waals surface area contributed by atoms with Gasteiger partial charge in [0.05, 0.1) is 38.8 Å². The molecule has 8 heterocycles. The number of methoxy groups -OCH3 is 2. The van der Waals surface area contributed by atoms with Crippen LogP contribution < -0.4 is 14.4 Å². The molecule has 5 fully saturated rings. The highest BCUT2D eigenvalue weighted by Crippen LogP contribution is 2.65. The Morgan fingerprint density at radius 2 is 1.90 bits per heavy atom. The number of aryl methyl sites for hydroxylation is 1. The quantitative estimate of drug-likeness (QED) is 0.246. The number of hydrogen-bond donors (Lipinski definition) is 0. The molecule has 12 atom stereocenters. The average molecular weight is 705 g/mol. The van der Waals surface area contributed by atoms with Gasteiger partial charge in [0.1, 0.15) is 11.5 Å². The van der Waals surface area contributed by atoms with Crippen molar-refractivity contribution in [3.8, 4) is 11.5 Å². The summed E-state index contributed by atoms with van der Waals surface area (Å²) < 4.78 is 27.6. The van der Waals surface area contributed by atoms with E-state index in [4.69, 9.17) is 18.9 Å². The molecule has 0 spiro atoms. The average Bonchev–Trinajstić information content (AvgIpc) is 3.57. The number of ether oxygens (including phenoxy) is 4. The fraction of sp³-hybridized carbons (Fsp3) is 0.605. The molecule has 0 N–H and O–H groups in total. The number of piperidine rings is 3. The molecule has 8 aliphatic rings. The highest BCUT2D eigenvalue weighted by atomic mass is 16.7. The molecule has 0 unspecified atom stereocenters. The number of anilines is 1.